The zero-order valence-electron chi connectivity index (χ0n) is 20.0. The van der Waals surface area contributed by atoms with Crippen LogP contribution in [0, 0.1) is 0 Å². The molecule has 12 heteroatoms. The minimum absolute atomic E-state index is 0.0689. The first-order valence-corrected chi connectivity index (χ1v) is 14.2. The third-order valence-electron chi connectivity index (χ3n) is 6.17. The highest BCUT2D eigenvalue weighted by Gasteiger charge is 2.33. The third kappa shape index (κ3) is 5.59. The van der Waals surface area contributed by atoms with Crippen LogP contribution in [0.15, 0.2) is 54.1 Å². The van der Waals surface area contributed by atoms with Gasteiger partial charge in [0, 0.05) is 48.6 Å². The van der Waals surface area contributed by atoms with Crippen LogP contribution in [0.25, 0.3) is 22.5 Å². The van der Waals surface area contributed by atoms with E-state index < -0.39 is 23.6 Å². The van der Waals surface area contributed by atoms with Gasteiger partial charge in [-0.3, -0.25) is 4.40 Å². The van der Waals surface area contributed by atoms with Gasteiger partial charge in [0.15, 0.2) is 5.13 Å². The summed E-state index contributed by atoms with van der Waals surface area (Å²) in [5.41, 5.74) is 3.87. The van der Waals surface area contributed by atoms with Crippen LogP contribution in [0.2, 0.25) is 5.02 Å². The SMILES string of the molecule is CN(c1nc(-c2ccc(Cl)cc2)cs1)c1c(CC(F)(F)F)nc2ccc(C3=CCN(S(C)=O)CC3)cn12. The van der Waals surface area contributed by atoms with Crippen molar-refractivity contribution in [2.75, 3.05) is 31.3 Å². The van der Waals surface area contributed by atoms with Gasteiger partial charge < -0.3 is 4.90 Å². The van der Waals surface area contributed by atoms with Gasteiger partial charge in [-0.1, -0.05) is 29.8 Å². The van der Waals surface area contributed by atoms with Gasteiger partial charge in [0.1, 0.15) is 11.5 Å². The summed E-state index contributed by atoms with van der Waals surface area (Å²) in [6.07, 6.45) is 0.612. The number of fused-ring (bicyclic) bond motifs is 1. The van der Waals surface area contributed by atoms with Crippen LogP contribution < -0.4 is 4.90 Å². The molecule has 1 aromatic carbocycles. The van der Waals surface area contributed by atoms with Gasteiger partial charge in [-0.05, 0) is 41.8 Å². The Bertz CT molecular complexity index is 1500. The van der Waals surface area contributed by atoms with Gasteiger partial charge in [0.25, 0.3) is 0 Å². The summed E-state index contributed by atoms with van der Waals surface area (Å²) in [5.74, 6) is 0.318. The summed E-state index contributed by atoms with van der Waals surface area (Å²) in [7, 11) is 0.655. The summed E-state index contributed by atoms with van der Waals surface area (Å²) in [5, 5.41) is 3.01. The molecule has 37 heavy (non-hydrogen) atoms. The first-order chi connectivity index (χ1) is 17.6. The van der Waals surface area contributed by atoms with E-state index in [1.54, 1.807) is 40.8 Å². The van der Waals surface area contributed by atoms with E-state index in [-0.39, 0.29) is 5.69 Å². The second kappa shape index (κ2) is 10.2. The number of benzene rings is 1. The molecule has 0 amide bonds. The van der Waals surface area contributed by atoms with Gasteiger partial charge in [-0.15, -0.1) is 11.3 Å². The van der Waals surface area contributed by atoms with E-state index in [0.29, 0.717) is 46.8 Å². The molecule has 1 aliphatic rings. The van der Waals surface area contributed by atoms with Crippen molar-refractivity contribution in [1.82, 2.24) is 18.7 Å². The standard InChI is InChI=1S/C25H23ClF3N5OS2/c1-32(24-31-21(15-36-24)17-3-6-19(26)7-4-17)23-20(13-25(27,28)29)30-22-8-5-18(14-34(22)23)16-9-11-33(12-10-16)37(2)35/h3-9,14-15H,10-13H2,1-2H3. The Hall–Kier alpha value is -2.73. The van der Waals surface area contributed by atoms with Gasteiger partial charge in [0.05, 0.1) is 28.8 Å². The molecule has 0 radical (unpaired) electrons. The maximum Gasteiger partial charge on any atom is 0.394 e. The molecular weight excluding hydrogens is 543 g/mol. The van der Waals surface area contributed by atoms with E-state index in [2.05, 4.69) is 9.97 Å². The number of aromatic nitrogens is 3. The normalized spacial score (nSPS) is 15.7. The zero-order valence-corrected chi connectivity index (χ0v) is 22.4. The van der Waals surface area contributed by atoms with Crippen molar-refractivity contribution in [2.45, 2.75) is 19.0 Å². The lowest BCUT2D eigenvalue weighted by Crippen LogP contribution is -2.29. The highest BCUT2D eigenvalue weighted by atomic mass is 35.5. The molecule has 6 nitrogen and oxygen atoms in total. The number of rotatable bonds is 6. The van der Waals surface area contributed by atoms with Crippen molar-refractivity contribution in [3.8, 4) is 11.3 Å². The van der Waals surface area contributed by atoms with Crippen LogP contribution in [0.4, 0.5) is 24.1 Å². The molecule has 0 spiro atoms. The predicted molar refractivity (Wildman–Crippen MR) is 144 cm³/mol. The Kier molecular flexibility index (Phi) is 7.14. The van der Waals surface area contributed by atoms with Crippen molar-refractivity contribution >= 4 is 56.1 Å². The fourth-order valence-corrected chi connectivity index (χ4v) is 5.90. The number of pyridine rings is 1. The summed E-state index contributed by atoms with van der Waals surface area (Å²) in [6, 6.07) is 10.8. The van der Waals surface area contributed by atoms with E-state index in [4.69, 9.17) is 11.6 Å². The fourth-order valence-electron chi connectivity index (χ4n) is 4.34. The molecule has 0 saturated heterocycles. The molecule has 4 heterocycles. The Balaban J connectivity index is 1.55. The lowest BCUT2D eigenvalue weighted by atomic mass is 10.0. The predicted octanol–water partition coefficient (Wildman–Crippen LogP) is 6.37. The van der Waals surface area contributed by atoms with Crippen LogP contribution >= 0.6 is 22.9 Å². The molecule has 0 N–H and O–H groups in total. The molecule has 0 bridgehead atoms. The highest BCUT2D eigenvalue weighted by molar-refractivity contribution is 7.81. The molecule has 1 aliphatic heterocycles. The van der Waals surface area contributed by atoms with Crippen molar-refractivity contribution in [2.24, 2.45) is 0 Å². The van der Waals surface area contributed by atoms with Gasteiger partial charge in [-0.2, -0.15) is 13.2 Å². The van der Waals surface area contributed by atoms with E-state index in [1.807, 2.05) is 40.2 Å². The summed E-state index contributed by atoms with van der Waals surface area (Å²) < 4.78 is 55.9. The fraction of sp³-hybridized carbons (Fsp3) is 0.280. The number of anilines is 2. The second-order valence-corrected chi connectivity index (χ2v) is 11.3. The maximum absolute atomic E-state index is 13.5. The Labute approximate surface area is 223 Å². The average Bonchev–Trinajstić information content (AvgIpc) is 3.48. The number of hydrogen-bond acceptors (Lipinski definition) is 5. The largest absolute Gasteiger partial charge is 0.394 e. The van der Waals surface area contributed by atoms with Gasteiger partial charge in [0.2, 0.25) is 0 Å². The average molecular weight is 566 g/mol. The van der Waals surface area contributed by atoms with Crippen LogP contribution in [0.1, 0.15) is 17.7 Å². The minimum Gasteiger partial charge on any atom is -0.305 e. The molecule has 0 fully saturated rings. The van der Waals surface area contributed by atoms with Crippen molar-refractivity contribution in [1.29, 1.82) is 0 Å². The van der Waals surface area contributed by atoms with Crippen molar-refractivity contribution in [3.63, 3.8) is 0 Å². The zero-order chi connectivity index (χ0) is 26.3. The molecule has 0 saturated carbocycles. The van der Waals surface area contributed by atoms with Crippen LogP contribution in [-0.2, 0) is 17.4 Å². The first-order valence-electron chi connectivity index (χ1n) is 11.4. The van der Waals surface area contributed by atoms with E-state index in [1.165, 1.54) is 11.3 Å². The topological polar surface area (TPSA) is 53.7 Å². The van der Waals surface area contributed by atoms with Crippen LogP contribution in [-0.4, -0.2) is 55.5 Å². The van der Waals surface area contributed by atoms with E-state index in [9.17, 15) is 17.4 Å². The maximum atomic E-state index is 13.5. The first kappa shape index (κ1) is 25.9. The molecule has 1 unspecified atom stereocenters. The third-order valence-corrected chi connectivity index (χ3v) is 8.40. The van der Waals surface area contributed by atoms with Gasteiger partial charge >= 0.3 is 6.18 Å². The molecule has 5 rings (SSSR count). The summed E-state index contributed by atoms with van der Waals surface area (Å²) in [4.78, 5) is 10.7. The van der Waals surface area contributed by atoms with Crippen LogP contribution in [0.3, 0.4) is 0 Å². The van der Waals surface area contributed by atoms with Crippen LogP contribution in [0.5, 0.6) is 0 Å². The lowest BCUT2D eigenvalue weighted by molar-refractivity contribution is -0.127. The van der Waals surface area contributed by atoms with Crippen molar-refractivity contribution < 1.29 is 17.4 Å². The number of alkyl halides is 3. The molecule has 1 atom stereocenters. The van der Waals surface area contributed by atoms with Crippen molar-refractivity contribution in [3.05, 3.63) is 70.3 Å². The monoisotopic (exact) mass is 565 g/mol. The number of imidazole rings is 1. The van der Waals surface area contributed by atoms with E-state index >= 15 is 0 Å². The lowest BCUT2D eigenvalue weighted by Gasteiger charge is -2.24. The smallest absolute Gasteiger partial charge is 0.305 e. The molecule has 0 aliphatic carbocycles. The summed E-state index contributed by atoms with van der Waals surface area (Å²) in [6.45, 7) is 1.20. The Morgan fingerprint density at radius 3 is 2.51 bits per heavy atom. The summed E-state index contributed by atoms with van der Waals surface area (Å²) >= 11 is 7.33. The number of hydrogen-bond donors (Lipinski definition) is 0. The molecule has 194 valence electrons. The molecule has 3 aromatic heterocycles. The number of nitrogens with zero attached hydrogens (tertiary/aromatic N) is 5. The Morgan fingerprint density at radius 1 is 1.14 bits per heavy atom. The quantitative estimate of drug-likeness (QED) is 0.273. The number of halogens is 4. The second-order valence-electron chi connectivity index (χ2n) is 8.69. The number of thiazole rings is 1. The van der Waals surface area contributed by atoms with Gasteiger partial charge in [-0.25, -0.2) is 18.5 Å². The highest BCUT2D eigenvalue weighted by Crippen LogP contribution is 2.36. The minimum atomic E-state index is -4.42. The molecule has 4 aromatic rings. The molecular formula is C25H23ClF3N5OS2. The van der Waals surface area contributed by atoms with E-state index in [0.717, 1.165) is 16.7 Å². The Morgan fingerprint density at radius 2 is 1.86 bits per heavy atom.